The van der Waals surface area contributed by atoms with Gasteiger partial charge in [-0.25, -0.2) is 4.98 Å². The Bertz CT molecular complexity index is 1070. The van der Waals surface area contributed by atoms with Gasteiger partial charge in [-0.15, -0.1) is 0 Å². The van der Waals surface area contributed by atoms with Gasteiger partial charge in [0.15, 0.2) is 5.89 Å². The summed E-state index contributed by atoms with van der Waals surface area (Å²) in [5.41, 5.74) is 6.16. The van der Waals surface area contributed by atoms with Crippen LogP contribution in [0.3, 0.4) is 0 Å². The van der Waals surface area contributed by atoms with E-state index in [4.69, 9.17) is 14.1 Å². The predicted octanol–water partition coefficient (Wildman–Crippen LogP) is 4.36. The third-order valence-corrected chi connectivity index (χ3v) is 5.58. The van der Waals surface area contributed by atoms with Crippen LogP contribution < -0.4 is 0 Å². The minimum Gasteiger partial charge on any atom is -0.435 e. The van der Waals surface area contributed by atoms with Crippen LogP contribution in [0.25, 0.3) is 0 Å². The van der Waals surface area contributed by atoms with Crippen LogP contribution in [0.4, 0.5) is 0 Å². The minimum absolute atomic E-state index is 0.134. The summed E-state index contributed by atoms with van der Waals surface area (Å²) < 4.78 is 11.7. The molecule has 0 aliphatic carbocycles. The van der Waals surface area contributed by atoms with Gasteiger partial charge < -0.3 is 14.1 Å². The first kappa shape index (κ1) is 21.2. The Labute approximate surface area is 183 Å². The molecule has 1 amide bonds. The van der Waals surface area contributed by atoms with Gasteiger partial charge in [-0.1, -0.05) is 36.8 Å². The lowest BCUT2D eigenvalue weighted by atomic mass is 10.0. The van der Waals surface area contributed by atoms with Crippen molar-refractivity contribution >= 4 is 5.91 Å². The fourth-order valence-corrected chi connectivity index (χ4v) is 3.93. The summed E-state index contributed by atoms with van der Waals surface area (Å²) in [6.07, 6.45) is 1.24. The Morgan fingerprint density at radius 2 is 1.87 bits per heavy atom. The molecule has 1 fully saturated rings. The molecule has 1 saturated heterocycles. The van der Waals surface area contributed by atoms with Gasteiger partial charge >= 0.3 is 0 Å². The third-order valence-electron chi connectivity index (χ3n) is 5.58. The average Bonchev–Trinajstić information content (AvgIpc) is 3.15. The van der Waals surface area contributed by atoms with Crippen LogP contribution in [-0.4, -0.2) is 40.5 Å². The zero-order valence-electron chi connectivity index (χ0n) is 18.6. The maximum atomic E-state index is 13.0. The fourth-order valence-electron chi connectivity index (χ4n) is 3.93. The van der Waals surface area contributed by atoms with E-state index in [1.54, 1.807) is 4.90 Å². The van der Waals surface area contributed by atoms with Crippen molar-refractivity contribution in [1.82, 2.24) is 14.9 Å². The van der Waals surface area contributed by atoms with Crippen LogP contribution in [-0.2, 0) is 17.6 Å². The molecule has 6 nitrogen and oxygen atoms in total. The highest BCUT2D eigenvalue weighted by molar-refractivity contribution is 5.92. The second-order valence-electron chi connectivity index (χ2n) is 8.19. The third kappa shape index (κ3) is 4.85. The summed E-state index contributed by atoms with van der Waals surface area (Å²) in [7, 11) is 0. The number of ether oxygens (including phenoxy) is 1. The molecule has 6 heteroatoms. The fraction of sp³-hybridized carbons (Fsp3) is 0.400. The Balaban J connectivity index is 1.52. The van der Waals surface area contributed by atoms with E-state index >= 15 is 0 Å². The first-order chi connectivity index (χ1) is 14.9. The predicted molar refractivity (Wildman–Crippen MR) is 118 cm³/mol. The molecule has 3 heterocycles. The molecule has 2 aromatic heterocycles. The number of hydrogen-bond acceptors (Lipinski definition) is 5. The molecule has 1 atom stereocenters. The number of benzene rings is 1. The van der Waals surface area contributed by atoms with E-state index in [9.17, 15) is 4.79 Å². The molecule has 0 N–H and O–H groups in total. The summed E-state index contributed by atoms with van der Waals surface area (Å²) in [5.74, 6) is 0.784. The summed E-state index contributed by atoms with van der Waals surface area (Å²) in [4.78, 5) is 23.9. The van der Waals surface area contributed by atoms with Gasteiger partial charge in [-0.2, -0.15) is 0 Å². The highest BCUT2D eigenvalue weighted by Crippen LogP contribution is 2.25. The van der Waals surface area contributed by atoms with Crippen LogP contribution in [0.2, 0.25) is 0 Å². The lowest BCUT2D eigenvalue weighted by Gasteiger charge is -2.32. The molecule has 0 saturated carbocycles. The molecule has 0 bridgehead atoms. The number of pyridine rings is 1. The van der Waals surface area contributed by atoms with Crippen molar-refractivity contribution < 1.29 is 13.9 Å². The van der Waals surface area contributed by atoms with E-state index in [0.717, 1.165) is 17.8 Å². The second kappa shape index (κ2) is 9.02. The van der Waals surface area contributed by atoms with Crippen molar-refractivity contribution in [2.24, 2.45) is 0 Å². The smallest absolute Gasteiger partial charge is 0.291 e. The lowest BCUT2D eigenvalue weighted by molar-refractivity contribution is -0.0258. The topological polar surface area (TPSA) is 68.5 Å². The van der Waals surface area contributed by atoms with E-state index in [0.29, 0.717) is 43.5 Å². The van der Waals surface area contributed by atoms with E-state index in [1.165, 1.54) is 16.7 Å². The average molecular weight is 420 g/mol. The maximum absolute atomic E-state index is 13.0. The zero-order valence-corrected chi connectivity index (χ0v) is 18.6. The van der Waals surface area contributed by atoms with Gasteiger partial charge in [-0.3, -0.25) is 9.78 Å². The molecule has 1 aliphatic heterocycles. The molecular weight excluding hydrogens is 390 g/mol. The molecule has 1 aromatic carbocycles. The van der Waals surface area contributed by atoms with Crippen molar-refractivity contribution in [2.45, 2.75) is 46.6 Å². The highest BCUT2D eigenvalue weighted by atomic mass is 16.5. The molecule has 4 rings (SSSR count). The maximum Gasteiger partial charge on any atom is 0.291 e. The van der Waals surface area contributed by atoms with E-state index in [1.807, 2.05) is 20.8 Å². The number of carbonyl (C=O) groups excluding carboxylic acids is 1. The first-order valence-electron chi connectivity index (χ1n) is 10.8. The molecule has 31 heavy (non-hydrogen) atoms. The summed E-state index contributed by atoms with van der Waals surface area (Å²) in [6, 6.07) is 12.8. The van der Waals surface area contributed by atoms with Crippen molar-refractivity contribution in [3.8, 4) is 0 Å². The highest BCUT2D eigenvalue weighted by Gasteiger charge is 2.30. The first-order valence-corrected chi connectivity index (χ1v) is 10.8. The van der Waals surface area contributed by atoms with Crippen LogP contribution in [0.15, 0.2) is 40.8 Å². The largest absolute Gasteiger partial charge is 0.435 e. The van der Waals surface area contributed by atoms with Crippen molar-refractivity contribution in [1.29, 1.82) is 0 Å². The number of hydrogen-bond donors (Lipinski definition) is 0. The second-order valence-corrected chi connectivity index (χ2v) is 8.19. The Hall–Kier alpha value is -2.99. The molecule has 0 radical (unpaired) electrons. The minimum atomic E-state index is -0.261. The van der Waals surface area contributed by atoms with Gasteiger partial charge in [0.2, 0.25) is 5.76 Å². The van der Waals surface area contributed by atoms with E-state index in [-0.39, 0.29) is 12.0 Å². The molecular formula is C25H29N3O3. The molecule has 162 valence electrons. The van der Waals surface area contributed by atoms with Crippen molar-refractivity contribution in [3.63, 3.8) is 0 Å². The summed E-state index contributed by atoms with van der Waals surface area (Å²) >= 11 is 0. The number of morpholine rings is 1. The monoisotopic (exact) mass is 419 g/mol. The molecule has 0 unspecified atom stereocenters. The zero-order chi connectivity index (χ0) is 22.0. The molecule has 1 aliphatic rings. The van der Waals surface area contributed by atoms with Crippen LogP contribution in [0, 0.1) is 20.8 Å². The number of nitrogens with zero attached hydrogens (tertiary/aromatic N) is 3. The van der Waals surface area contributed by atoms with Gasteiger partial charge in [0.25, 0.3) is 5.91 Å². The standard InChI is InChI=1S/C25H29N3O3/c1-5-23-27-18(4)24(31-23)25(29)28-10-11-30-22(15-28)21-14-20(12-17(3)26-21)13-19-8-6-16(2)7-9-19/h6-9,12,14,22H,5,10-11,13,15H2,1-4H3/t22-/m0/s1. The molecule has 3 aromatic rings. The van der Waals surface area contributed by atoms with Gasteiger partial charge in [0.05, 0.1) is 24.5 Å². The number of carbonyl (C=O) groups is 1. The Morgan fingerprint density at radius 1 is 1.10 bits per heavy atom. The number of amides is 1. The summed E-state index contributed by atoms with van der Waals surface area (Å²) in [6.45, 7) is 9.30. The van der Waals surface area contributed by atoms with Crippen LogP contribution >= 0.6 is 0 Å². The van der Waals surface area contributed by atoms with Gasteiger partial charge in [0.1, 0.15) is 6.10 Å². The number of aryl methyl sites for hydroxylation is 4. The van der Waals surface area contributed by atoms with Crippen molar-refractivity contribution in [3.05, 3.63) is 81.8 Å². The van der Waals surface area contributed by atoms with Crippen LogP contribution in [0.5, 0.6) is 0 Å². The van der Waals surface area contributed by atoms with Crippen molar-refractivity contribution in [2.75, 3.05) is 19.7 Å². The number of aromatic nitrogens is 2. The van der Waals surface area contributed by atoms with E-state index < -0.39 is 0 Å². The van der Waals surface area contributed by atoms with Gasteiger partial charge in [-0.05, 0) is 50.5 Å². The Kier molecular flexibility index (Phi) is 6.18. The van der Waals surface area contributed by atoms with Gasteiger partial charge in [0, 0.05) is 18.7 Å². The van der Waals surface area contributed by atoms with E-state index in [2.05, 4.69) is 48.3 Å². The molecule has 0 spiro atoms. The van der Waals surface area contributed by atoms with Crippen LogP contribution in [0.1, 0.15) is 63.2 Å². The quantitative estimate of drug-likeness (QED) is 0.615. The lowest BCUT2D eigenvalue weighted by Crippen LogP contribution is -2.42. The SMILES string of the molecule is CCc1nc(C)c(C(=O)N2CCO[C@H](c3cc(Cc4ccc(C)cc4)cc(C)n3)C2)o1. The Morgan fingerprint density at radius 3 is 2.58 bits per heavy atom. The number of rotatable bonds is 5. The normalized spacial score (nSPS) is 16.5. The summed E-state index contributed by atoms with van der Waals surface area (Å²) in [5, 5.41) is 0. The number of oxazole rings is 1.